The number of nitrogens with one attached hydrogen (secondary N) is 1. The molecule has 1 N–H and O–H groups in total. The quantitative estimate of drug-likeness (QED) is 0.626. The molecular formula is C10H23NO2. The maximum atomic E-state index is 5.39. The molecule has 0 rings (SSSR count). The summed E-state index contributed by atoms with van der Waals surface area (Å²) in [6.07, 6.45) is 0.286. The van der Waals surface area contributed by atoms with E-state index in [0.717, 1.165) is 26.4 Å². The van der Waals surface area contributed by atoms with Crippen LogP contribution in [0.25, 0.3) is 0 Å². The van der Waals surface area contributed by atoms with E-state index in [4.69, 9.17) is 9.47 Å². The zero-order valence-electron chi connectivity index (χ0n) is 9.30. The first-order chi connectivity index (χ1) is 6.20. The molecule has 2 unspecified atom stereocenters. The zero-order valence-corrected chi connectivity index (χ0v) is 9.30. The van der Waals surface area contributed by atoms with Crippen molar-refractivity contribution in [3.63, 3.8) is 0 Å². The Morgan fingerprint density at radius 1 is 1.15 bits per heavy atom. The van der Waals surface area contributed by atoms with Gasteiger partial charge in [-0.2, -0.15) is 0 Å². The van der Waals surface area contributed by atoms with Crippen molar-refractivity contribution in [1.29, 1.82) is 0 Å². The summed E-state index contributed by atoms with van der Waals surface area (Å²) in [5.74, 6) is 0. The van der Waals surface area contributed by atoms with Gasteiger partial charge in [0, 0.05) is 25.8 Å². The molecule has 0 amide bonds. The predicted octanol–water partition coefficient (Wildman–Crippen LogP) is 1.43. The fourth-order valence-corrected chi connectivity index (χ4v) is 1.06. The van der Waals surface area contributed by atoms with Gasteiger partial charge in [0.2, 0.25) is 0 Å². The van der Waals surface area contributed by atoms with Gasteiger partial charge < -0.3 is 14.8 Å². The number of rotatable bonds is 8. The van der Waals surface area contributed by atoms with Gasteiger partial charge in [0.05, 0.1) is 12.7 Å². The van der Waals surface area contributed by atoms with Crippen molar-refractivity contribution in [2.45, 2.75) is 39.8 Å². The molecule has 3 nitrogen and oxygen atoms in total. The van der Waals surface area contributed by atoms with Gasteiger partial charge in [-0.1, -0.05) is 0 Å². The van der Waals surface area contributed by atoms with E-state index in [1.54, 1.807) is 0 Å². The average Bonchev–Trinajstić information content (AvgIpc) is 2.12. The summed E-state index contributed by atoms with van der Waals surface area (Å²) in [6.45, 7) is 11.4. The molecule has 0 saturated carbocycles. The molecule has 0 aliphatic heterocycles. The van der Waals surface area contributed by atoms with Gasteiger partial charge in [-0.15, -0.1) is 0 Å². The molecule has 0 heterocycles. The third-order valence-electron chi connectivity index (χ3n) is 1.78. The number of hydrogen-bond acceptors (Lipinski definition) is 3. The molecule has 0 radical (unpaired) electrons. The number of hydrogen-bond donors (Lipinski definition) is 1. The highest BCUT2D eigenvalue weighted by atomic mass is 16.5. The summed E-state index contributed by atoms with van der Waals surface area (Å²) in [5, 5.41) is 3.35. The first-order valence-electron chi connectivity index (χ1n) is 5.13. The van der Waals surface area contributed by atoms with Crippen LogP contribution in [0.1, 0.15) is 27.7 Å². The minimum atomic E-state index is 0.286. The van der Waals surface area contributed by atoms with Gasteiger partial charge in [-0.25, -0.2) is 0 Å². The molecule has 0 fully saturated rings. The Bertz CT molecular complexity index is 109. The van der Waals surface area contributed by atoms with E-state index < -0.39 is 0 Å². The predicted molar refractivity (Wildman–Crippen MR) is 55.0 cm³/mol. The fourth-order valence-electron chi connectivity index (χ4n) is 1.06. The number of ether oxygens (including phenoxy) is 2. The van der Waals surface area contributed by atoms with E-state index in [9.17, 15) is 0 Å². The lowest BCUT2D eigenvalue weighted by molar-refractivity contribution is 0.0679. The van der Waals surface area contributed by atoms with Gasteiger partial charge in [-0.05, 0) is 27.7 Å². The standard InChI is InChI=1S/C10H23NO2/c1-5-12-8-9(3)11-7-10(4)13-6-2/h9-11H,5-8H2,1-4H3. The summed E-state index contributed by atoms with van der Waals surface area (Å²) in [5.41, 5.74) is 0. The molecule has 0 aliphatic rings. The van der Waals surface area contributed by atoms with Crippen LogP contribution in [0.3, 0.4) is 0 Å². The highest BCUT2D eigenvalue weighted by Crippen LogP contribution is 1.90. The first-order valence-corrected chi connectivity index (χ1v) is 5.13. The molecule has 0 aromatic carbocycles. The maximum absolute atomic E-state index is 5.39. The molecule has 0 saturated heterocycles. The van der Waals surface area contributed by atoms with Crippen molar-refractivity contribution in [3.8, 4) is 0 Å². The highest BCUT2D eigenvalue weighted by molar-refractivity contribution is 4.62. The molecule has 0 aromatic heterocycles. The van der Waals surface area contributed by atoms with E-state index in [-0.39, 0.29) is 6.10 Å². The van der Waals surface area contributed by atoms with Gasteiger partial charge >= 0.3 is 0 Å². The van der Waals surface area contributed by atoms with Crippen LogP contribution in [0.5, 0.6) is 0 Å². The maximum Gasteiger partial charge on any atom is 0.0671 e. The van der Waals surface area contributed by atoms with Crippen LogP contribution >= 0.6 is 0 Å². The lowest BCUT2D eigenvalue weighted by Gasteiger charge is -2.17. The zero-order chi connectivity index (χ0) is 10.1. The Balaban J connectivity index is 3.29. The van der Waals surface area contributed by atoms with Crippen LogP contribution < -0.4 is 5.32 Å². The Hall–Kier alpha value is -0.120. The Morgan fingerprint density at radius 3 is 2.38 bits per heavy atom. The third kappa shape index (κ3) is 8.22. The second kappa shape index (κ2) is 8.48. The van der Waals surface area contributed by atoms with Crippen LogP contribution in [-0.4, -0.2) is 38.5 Å². The van der Waals surface area contributed by atoms with E-state index in [0.29, 0.717) is 6.04 Å². The van der Waals surface area contributed by atoms with Crippen molar-refractivity contribution in [3.05, 3.63) is 0 Å². The lowest BCUT2D eigenvalue weighted by atomic mass is 10.3. The summed E-state index contributed by atoms with van der Waals surface area (Å²) in [4.78, 5) is 0. The third-order valence-corrected chi connectivity index (χ3v) is 1.78. The van der Waals surface area contributed by atoms with E-state index >= 15 is 0 Å². The van der Waals surface area contributed by atoms with Crippen molar-refractivity contribution in [1.82, 2.24) is 5.32 Å². The second-order valence-corrected chi connectivity index (χ2v) is 3.23. The first kappa shape index (κ1) is 12.9. The average molecular weight is 189 g/mol. The van der Waals surface area contributed by atoms with Gasteiger partial charge in [-0.3, -0.25) is 0 Å². The smallest absolute Gasteiger partial charge is 0.0671 e. The van der Waals surface area contributed by atoms with Gasteiger partial charge in [0.1, 0.15) is 0 Å². The Morgan fingerprint density at radius 2 is 1.85 bits per heavy atom. The highest BCUT2D eigenvalue weighted by Gasteiger charge is 2.04. The molecule has 13 heavy (non-hydrogen) atoms. The molecule has 3 heteroatoms. The van der Waals surface area contributed by atoms with Crippen molar-refractivity contribution in [2.24, 2.45) is 0 Å². The minimum Gasteiger partial charge on any atom is -0.380 e. The van der Waals surface area contributed by atoms with E-state index in [1.807, 2.05) is 13.8 Å². The molecule has 80 valence electrons. The van der Waals surface area contributed by atoms with Crippen molar-refractivity contribution < 1.29 is 9.47 Å². The summed E-state index contributed by atoms with van der Waals surface area (Å²) < 4.78 is 10.7. The molecule has 2 atom stereocenters. The van der Waals surface area contributed by atoms with E-state index in [1.165, 1.54) is 0 Å². The van der Waals surface area contributed by atoms with Crippen molar-refractivity contribution >= 4 is 0 Å². The Labute approximate surface area is 81.8 Å². The minimum absolute atomic E-state index is 0.286. The van der Waals surface area contributed by atoms with Crippen molar-refractivity contribution in [2.75, 3.05) is 26.4 Å². The SMILES string of the molecule is CCOCC(C)NCC(C)OCC. The van der Waals surface area contributed by atoms with Crippen LogP contribution in [0, 0.1) is 0 Å². The monoisotopic (exact) mass is 189 g/mol. The summed E-state index contributed by atoms with van der Waals surface area (Å²) in [7, 11) is 0. The lowest BCUT2D eigenvalue weighted by Crippen LogP contribution is -2.36. The van der Waals surface area contributed by atoms with E-state index in [2.05, 4.69) is 19.2 Å². The van der Waals surface area contributed by atoms with Gasteiger partial charge in [0.25, 0.3) is 0 Å². The molecule has 0 aromatic rings. The second-order valence-electron chi connectivity index (χ2n) is 3.23. The van der Waals surface area contributed by atoms with Crippen LogP contribution in [0.4, 0.5) is 0 Å². The Kier molecular flexibility index (Phi) is 8.40. The summed E-state index contributed by atoms with van der Waals surface area (Å²) >= 11 is 0. The van der Waals surface area contributed by atoms with Crippen LogP contribution in [0.15, 0.2) is 0 Å². The van der Waals surface area contributed by atoms with Crippen LogP contribution in [-0.2, 0) is 9.47 Å². The fraction of sp³-hybridized carbons (Fsp3) is 1.00. The van der Waals surface area contributed by atoms with Gasteiger partial charge in [0.15, 0.2) is 0 Å². The van der Waals surface area contributed by atoms with Crippen LogP contribution in [0.2, 0.25) is 0 Å². The summed E-state index contributed by atoms with van der Waals surface area (Å²) in [6, 6.07) is 0.405. The largest absolute Gasteiger partial charge is 0.380 e. The molecule has 0 spiro atoms. The normalized spacial score (nSPS) is 15.7. The molecular weight excluding hydrogens is 166 g/mol. The topological polar surface area (TPSA) is 30.5 Å². The molecule has 0 aliphatic carbocycles. The molecule has 0 bridgehead atoms.